The minimum atomic E-state index is -0.789. The largest absolute Gasteiger partial charge is 0.394 e. The summed E-state index contributed by atoms with van der Waals surface area (Å²) in [6, 6.07) is 9.30. The van der Waals surface area contributed by atoms with Gasteiger partial charge in [-0.2, -0.15) is 5.10 Å². The number of benzene rings is 1. The molecule has 0 saturated carbocycles. The van der Waals surface area contributed by atoms with Crippen molar-refractivity contribution in [2.45, 2.75) is 25.6 Å². The van der Waals surface area contributed by atoms with E-state index in [4.69, 9.17) is 11.6 Å². The van der Waals surface area contributed by atoms with Crippen LogP contribution in [0.5, 0.6) is 0 Å². The molecule has 0 bridgehead atoms. The quantitative estimate of drug-likeness (QED) is 0.274. The summed E-state index contributed by atoms with van der Waals surface area (Å²) in [7, 11) is 5.53. The lowest BCUT2D eigenvalue weighted by Crippen LogP contribution is -2.47. The molecule has 212 valence electrons. The van der Waals surface area contributed by atoms with E-state index in [0.717, 1.165) is 11.3 Å². The first kappa shape index (κ1) is 28.0. The standard InChI is InChI=1S/C28H30ClN9O3/c1-16(26(40)34-23(15-39)22-6-5-7-24(33-22)36(2)3)38-13-18-9-8-17(10-20(18)27(38)41)25-21(29)12-30-28(35-25)32-19-11-31-37(4)14-19/h5-12,14,16,23,39H,13,15H2,1-4H3,(H,34,40)(H,30,32,35)/t16-,23-/m1/s1. The second kappa shape index (κ2) is 11.5. The van der Waals surface area contributed by atoms with Gasteiger partial charge in [-0.25, -0.2) is 15.0 Å². The highest BCUT2D eigenvalue weighted by molar-refractivity contribution is 6.33. The minimum absolute atomic E-state index is 0.270. The van der Waals surface area contributed by atoms with Gasteiger partial charge in [0.1, 0.15) is 11.9 Å². The number of halogens is 1. The van der Waals surface area contributed by atoms with Crippen molar-refractivity contribution < 1.29 is 14.7 Å². The molecule has 4 aromatic rings. The topological polar surface area (TPSA) is 141 Å². The van der Waals surface area contributed by atoms with Crippen molar-refractivity contribution in [3.8, 4) is 11.3 Å². The van der Waals surface area contributed by atoms with Crippen molar-refractivity contribution in [3.63, 3.8) is 0 Å². The van der Waals surface area contributed by atoms with Crippen molar-refractivity contribution in [3.05, 3.63) is 76.8 Å². The van der Waals surface area contributed by atoms with Gasteiger partial charge in [-0.15, -0.1) is 0 Å². The molecule has 0 aliphatic carbocycles. The number of aliphatic hydroxyl groups is 1. The number of aryl methyl sites for hydroxylation is 1. The summed E-state index contributed by atoms with van der Waals surface area (Å²) < 4.78 is 1.65. The summed E-state index contributed by atoms with van der Waals surface area (Å²) >= 11 is 6.44. The molecule has 5 rings (SSSR count). The van der Waals surface area contributed by atoms with Crippen LogP contribution in [0, 0.1) is 0 Å². The number of anilines is 3. The van der Waals surface area contributed by atoms with Gasteiger partial charge < -0.3 is 25.5 Å². The Morgan fingerprint density at radius 3 is 2.71 bits per heavy atom. The number of hydrogen-bond acceptors (Lipinski definition) is 9. The lowest BCUT2D eigenvalue weighted by molar-refractivity contribution is -0.126. The number of aromatic nitrogens is 5. The van der Waals surface area contributed by atoms with E-state index < -0.39 is 18.0 Å². The van der Waals surface area contributed by atoms with E-state index in [1.807, 2.05) is 43.3 Å². The maximum atomic E-state index is 13.5. The molecule has 1 aliphatic heterocycles. The zero-order valence-electron chi connectivity index (χ0n) is 23.0. The predicted octanol–water partition coefficient (Wildman–Crippen LogP) is 2.93. The average molecular weight is 576 g/mol. The monoisotopic (exact) mass is 575 g/mol. The molecule has 1 aliphatic rings. The Morgan fingerprint density at radius 2 is 2.00 bits per heavy atom. The van der Waals surface area contributed by atoms with Gasteiger partial charge in [-0.1, -0.05) is 29.8 Å². The van der Waals surface area contributed by atoms with Crippen molar-refractivity contribution in [2.75, 3.05) is 30.9 Å². The molecule has 2 atom stereocenters. The van der Waals surface area contributed by atoms with Crippen LogP contribution in [-0.4, -0.2) is 73.3 Å². The van der Waals surface area contributed by atoms with Crippen LogP contribution in [0.4, 0.5) is 17.5 Å². The maximum Gasteiger partial charge on any atom is 0.255 e. The zero-order chi connectivity index (χ0) is 29.3. The second-order valence-electron chi connectivity index (χ2n) is 9.96. The van der Waals surface area contributed by atoms with Gasteiger partial charge in [0.2, 0.25) is 11.9 Å². The molecule has 1 aromatic carbocycles. The molecule has 0 fully saturated rings. The number of fused-ring (bicyclic) bond motifs is 1. The van der Waals surface area contributed by atoms with E-state index in [0.29, 0.717) is 39.3 Å². The number of hydrogen-bond donors (Lipinski definition) is 3. The highest BCUT2D eigenvalue weighted by Gasteiger charge is 2.35. The fraction of sp³-hybridized carbons (Fsp3) is 0.286. The van der Waals surface area contributed by atoms with Gasteiger partial charge in [0.15, 0.2) is 0 Å². The summed E-state index contributed by atoms with van der Waals surface area (Å²) in [6.07, 6.45) is 4.94. The maximum absolute atomic E-state index is 13.5. The van der Waals surface area contributed by atoms with Gasteiger partial charge in [0, 0.05) is 45.0 Å². The number of aliphatic hydroxyl groups excluding tert-OH is 1. The molecule has 3 N–H and O–H groups in total. The van der Waals surface area contributed by atoms with Crippen molar-refractivity contribution in [1.82, 2.24) is 34.9 Å². The number of amides is 2. The SMILES string of the molecule is C[C@H](C(=O)N[C@H](CO)c1cccc(N(C)C)n1)N1Cc2ccc(-c3nc(Nc4cnn(C)c4)ncc3Cl)cc2C1=O. The Labute approximate surface area is 242 Å². The molecule has 0 saturated heterocycles. The average Bonchev–Trinajstić information content (AvgIpc) is 3.53. The first-order valence-electron chi connectivity index (χ1n) is 12.9. The fourth-order valence-electron chi connectivity index (χ4n) is 4.56. The van der Waals surface area contributed by atoms with Crippen LogP contribution in [0.2, 0.25) is 5.02 Å². The Morgan fingerprint density at radius 1 is 1.20 bits per heavy atom. The van der Waals surface area contributed by atoms with Crippen molar-refractivity contribution >= 4 is 40.9 Å². The third-order valence-electron chi connectivity index (χ3n) is 6.84. The zero-order valence-corrected chi connectivity index (χ0v) is 23.8. The first-order valence-corrected chi connectivity index (χ1v) is 13.3. The highest BCUT2D eigenvalue weighted by Crippen LogP contribution is 2.32. The van der Waals surface area contributed by atoms with Crippen LogP contribution in [-0.2, 0) is 18.4 Å². The Bertz CT molecular complexity index is 1610. The smallest absolute Gasteiger partial charge is 0.255 e. The third-order valence-corrected chi connectivity index (χ3v) is 7.11. The Hall–Kier alpha value is -4.55. The van der Waals surface area contributed by atoms with Crippen LogP contribution >= 0.6 is 11.6 Å². The number of nitrogens with one attached hydrogen (secondary N) is 2. The molecule has 2 amide bonds. The van der Waals surface area contributed by atoms with Gasteiger partial charge in [-0.05, 0) is 30.7 Å². The van der Waals surface area contributed by atoms with E-state index in [9.17, 15) is 14.7 Å². The van der Waals surface area contributed by atoms with Gasteiger partial charge in [0.25, 0.3) is 5.91 Å². The summed E-state index contributed by atoms with van der Waals surface area (Å²) in [4.78, 5) is 43.3. The van der Waals surface area contributed by atoms with Crippen LogP contribution in [0.3, 0.4) is 0 Å². The highest BCUT2D eigenvalue weighted by atomic mass is 35.5. The first-order chi connectivity index (χ1) is 19.6. The molecule has 3 aromatic heterocycles. The minimum Gasteiger partial charge on any atom is -0.394 e. The summed E-state index contributed by atoms with van der Waals surface area (Å²) in [5.41, 5.74) is 3.61. The lowest BCUT2D eigenvalue weighted by Gasteiger charge is -2.26. The van der Waals surface area contributed by atoms with E-state index in [-0.39, 0.29) is 19.1 Å². The molecule has 4 heterocycles. The number of carbonyl (C=O) groups is 2. The van der Waals surface area contributed by atoms with Crippen LogP contribution in [0.25, 0.3) is 11.3 Å². The summed E-state index contributed by atoms with van der Waals surface area (Å²) in [5, 5.41) is 20.4. The molecular weight excluding hydrogens is 546 g/mol. The number of pyridine rings is 1. The van der Waals surface area contributed by atoms with Crippen molar-refractivity contribution in [1.29, 1.82) is 0 Å². The molecule has 0 unspecified atom stereocenters. The summed E-state index contributed by atoms with van der Waals surface area (Å²) in [6.45, 7) is 1.60. The third kappa shape index (κ3) is 5.83. The van der Waals surface area contributed by atoms with E-state index in [1.54, 1.807) is 43.2 Å². The van der Waals surface area contributed by atoms with E-state index in [2.05, 4.69) is 30.7 Å². The molecule has 13 heteroatoms. The predicted molar refractivity (Wildman–Crippen MR) is 155 cm³/mol. The second-order valence-corrected chi connectivity index (χ2v) is 10.4. The Kier molecular flexibility index (Phi) is 7.86. The number of carbonyl (C=O) groups excluding carboxylic acids is 2. The normalized spacial score (nSPS) is 14.0. The fourth-order valence-corrected chi connectivity index (χ4v) is 4.76. The number of rotatable bonds is 9. The van der Waals surface area contributed by atoms with Gasteiger partial charge >= 0.3 is 0 Å². The van der Waals surface area contributed by atoms with Gasteiger partial charge in [-0.3, -0.25) is 14.3 Å². The molecule has 0 radical (unpaired) electrons. The van der Waals surface area contributed by atoms with Crippen LogP contribution in [0.15, 0.2) is 55.0 Å². The molecule has 12 nitrogen and oxygen atoms in total. The van der Waals surface area contributed by atoms with Crippen LogP contribution in [0.1, 0.15) is 34.6 Å². The molecule has 0 spiro atoms. The molecular formula is C28H30ClN9O3. The number of nitrogens with zero attached hydrogens (tertiary/aromatic N) is 7. The summed E-state index contributed by atoms with van der Waals surface area (Å²) in [5.74, 6) is 0.359. The van der Waals surface area contributed by atoms with E-state index in [1.165, 1.54) is 11.1 Å². The lowest BCUT2D eigenvalue weighted by atomic mass is 10.0. The molecule has 41 heavy (non-hydrogen) atoms. The van der Waals surface area contributed by atoms with E-state index >= 15 is 0 Å². The Balaban J connectivity index is 1.32. The van der Waals surface area contributed by atoms with Gasteiger partial charge in [0.05, 0.1) is 47.1 Å². The van der Waals surface area contributed by atoms with Crippen LogP contribution < -0.4 is 15.5 Å². The van der Waals surface area contributed by atoms with Crippen molar-refractivity contribution in [2.24, 2.45) is 7.05 Å².